The fraction of sp³-hybridized carbons (Fsp3) is 0.556. The Labute approximate surface area is 148 Å². The minimum atomic E-state index is -0.533. The first-order valence-corrected chi connectivity index (χ1v) is 8.68. The van der Waals surface area contributed by atoms with E-state index in [0.29, 0.717) is 19.7 Å². The van der Waals surface area contributed by atoms with Crippen molar-refractivity contribution in [1.29, 1.82) is 0 Å². The van der Waals surface area contributed by atoms with E-state index < -0.39 is 6.10 Å². The van der Waals surface area contributed by atoms with Crippen molar-refractivity contribution in [3.05, 3.63) is 42.0 Å². The largest absolute Gasteiger partial charge is 0.491 e. The number of rotatable bonds is 7. The quantitative estimate of drug-likeness (QED) is 0.807. The van der Waals surface area contributed by atoms with E-state index in [1.54, 1.807) is 0 Å². The molecule has 2 atom stereocenters. The Morgan fingerprint density at radius 3 is 2.84 bits per heavy atom. The highest BCUT2D eigenvalue weighted by molar-refractivity contribution is 5.20. The van der Waals surface area contributed by atoms with Crippen LogP contribution >= 0.6 is 0 Å². The van der Waals surface area contributed by atoms with E-state index in [2.05, 4.69) is 15.0 Å². The molecule has 25 heavy (non-hydrogen) atoms. The van der Waals surface area contributed by atoms with Crippen LogP contribution in [0.1, 0.15) is 11.6 Å². The maximum atomic E-state index is 10.3. The number of hydrogen-bond donors (Lipinski definition) is 1. The predicted molar refractivity (Wildman–Crippen MR) is 93.6 cm³/mol. The molecular weight excluding hydrogens is 320 g/mol. The third-order valence-electron chi connectivity index (χ3n) is 4.22. The summed E-state index contributed by atoms with van der Waals surface area (Å²) < 4.78 is 13.4. The molecule has 0 aliphatic carbocycles. The molecule has 3 rings (SSSR count). The van der Waals surface area contributed by atoms with Crippen LogP contribution in [0.2, 0.25) is 0 Å². The Morgan fingerprint density at radius 1 is 1.32 bits per heavy atom. The molecule has 0 saturated carbocycles. The summed E-state index contributed by atoms with van der Waals surface area (Å²) in [6, 6.07) is 9.56. The predicted octanol–water partition coefficient (Wildman–Crippen LogP) is 1.04. The van der Waals surface area contributed by atoms with Crippen molar-refractivity contribution in [2.75, 3.05) is 32.8 Å². The molecule has 0 amide bonds. The summed E-state index contributed by atoms with van der Waals surface area (Å²) in [6.45, 7) is 7.61. The zero-order valence-corrected chi connectivity index (χ0v) is 14.8. The second kappa shape index (κ2) is 8.42. The lowest BCUT2D eigenvalue weighted by Gasteiger charge is -2.34. The van der Waals surface area contributed by atoms with Crippen LogP contribution in [-0.2, 0) is 11.3 Å². The number of aryl methyl sites for hydroxylation is 2. The topological polar surface area (TPSA) is 72.6 Å². The molecule has 2 aromatic rings. The molecule has 1 aromatic carbocycles. The van der Waals surface area contributed by atoms with Crippen molar-refractivity contribution < 1.29 is 14.6 Å². The summed E-state index contributed by atoms with van der Waals surface area (Å²) in [5, 5.41) is 14.6. The molecule has 1 aliphatic heterocycles. The molecule has 136 valence electrons. The molecule has 0 radical (unpaired) electrons. The molecule has 1 saturated heterocycles. The van der Waals surface area contributed by atoms with Crippen molar-refractivity contribution >= 4 is 0 Å². The van der Waals surface area contributed by atoms with E-state index in [0.717, 1.165) is 30.5 Å². The Morgan fingerprint density at radius 2 is 2.12 bits per heavy atom. The number of aliphatic hydroxyl groups excluding tert-OH is 1. The van der Waals surface area contributed by atoms with Gasteiger partial charge in [-0.15, -0.1) is 0 Å². The molecule has 2 heterocycles. The number of morpholine rings is 1. The molecule has 1 aliphatic rings. The van der Waals surface area contributed by atoms with E-state index in [1.807, 2.05) is 48.9 Å². The molecule has 0 spiro atoms. The summed E-state index contributed by atoms with van der Waals surface area (Å²) in [5.41, 5.74) is 0. The minimum Gasteiger partial charge on any atom is -0.491 e. The second-order valence-corrected chi connectivity index (χ2v) is 6.42. The average molecular weight is 346 g/mol. The maximum absolute atomic E-state index is 10.3. The van der Waals surface area contributed by atoms with Gasteiger partial charge in [-0.2, -0.15) is 5.10 Å². The Kier molecular flexibility index (Phi) is 6.01. The van der Waals surface area contributed by atoms with Gasteiger partial charge in [-0.3, -0.25) is 4.90 Å². The van der Waals surface area contributed by atoms with Gasteiger partial charge in [0.1, 0.15) is 30.1 Å². The Hall–Kier alpha value is -1.96. The first-order chi connectivity index (χ1) is 12.1. The van der Waals surface area contributed by atoms with E-state index >= 15 is 0 Å². The SMILES string of the molecule is Cc1nc(C)n(C[C@H]2CN(C[C@@H](O)COc3ccccc3)CCO2)n1. The smallest absolute Gasteiger partial charge is 0.147 e. The van der Waals surface area contributed by atoms with Crippen LogP contribution in [-0.4, -0.2) is 69.8 Å². The van der Waals surface area contributed by atoms with Crippen LogP contribution in [0.25, 0.3) is 0 Å². The summed E-state index contributed by atoms with van der Waals surface area (Å²) in [7, 11) is 0. The van der Waals surface area contributed by atoms with Crippen molar-refractivity contribution in [2.45, 2.75) is 32.6 Å². The maximum Gasteiger partial charge on any atom is 0.147 e. The third kappa shape index (κ3) is 5.26. The highest BCUT2D eigenvalue weighted by Crippen LogP contribution is 2.11. The second-order valence-electron chi connectivity index (χ2n) is 6.42. The molecule has 1 N–H and O–H groups in total. The number of aliphatic hydroxyl groups is 1. The standard InChI is InChI=1S/C18H26N4O3/c1-14-19-15(2)22(20-14)12-18-11-21(8-9-24-18)10-16(23)13-25-17-6-4-3-5-7-17/h3-7,16,18,23H,8-13H2,1-2H3/t16-,18-/m1/s1. The number of aromatic nitrogens is 3. The van der Waals surface area contributed by atoms with Crippen molar-refractivity contribution in [3.8, 4) is 5.75 Å². The number of para-hydroxylation sites is 1. The lowest BCUT2D eigenvalue weighted by Crippen LogP contribution is -2.47. The number of hydrogen-bond acceptors (Lipinski definition) is 6. The average Bonchev–Trinajstić information content (AvgIpc) is 2.91. The monoisotopic (exact) mass is 346 g/mol. The van der Waals surface area contributed by atoms with Crippen LogP contribution in [0.3, 0.4) is 0 Å². The minimum absolute atomic E-state index is 0.0517. The first-order valence-electron chi connectivity index (χ1n) is 8.68. The van der Waals surface area contributed by atoms with Crippen LogP contribution in [0.5, 0.6) is 5.75 Å². The van der Waals surface area contributed by atoms with Crippen molar-refractivity contribution in [1.82, 2.24) is 19.7 Å². The number of benzene rings is 1. The third-order valence-corrected chi connectivity index (χ3v) is 4.22. The Balaban J connectivity index is 1.45. The van der Waals surface area contributed by atoms with Crippen molar-refractivity contribution in [2.24, 2.45) is 0 Å². The molecule has 0 unspecified atom stereocenters. The van der Waals surface area contributed by atoms with Gasteiger partial charge in [0.2, 0.25) is 0 Å². The van der Waals surface area contributed by atoms with Gasteiger partial charge in [-0.1, -0.05) is 18.2 Å². The molecule has 7 nitrogen and oxygen atoms in total. The highest BCUT2D eigenvalue weighted by Gasteiger charge is 2.23. The van der Waals surface area contributed by atoms with Gasteiger partial charge in [0.25, 0.3) is 0 Å². The number of ether oxygens (including phenoxy) is 2. The van der Waals surface area contributed by atoms with Gasteiger partial charge >= 0.3 is 0 Å². The fourth-order valence-corrected chi connectivity index (χ4v) is 3.04. The summed E-state index contributed by atoms with van der Waals surface area (Å²) in [5.74, 6) is 2.45. The lowest BCUT2D eigenvalue weighted by atomic mass is 10.2. The fourth-order valence-electron chi connectivity index (χ4n) is 3.04. The molecule has 1 aromatic heterocycles. The van der Waals surface area contributed by atoms with Gasteiger partial charge in [0.15, 0.2) is 0 Å². The molecule has 0 bridgehead atoms. The van der Waals surface area contributed by atoms with Gasteiger partial charge in [-0.05, 0) is 26.0 Å². The van der Waals surface area contributed by atoms with Crippen LogP contribution in [0, 0.1) is 13.8 Å². The van der Waals surface area contributed by atoms with E-state index in [9.17, 15) is 5.11 Å². The van der Waals surface area contributed by atoms with Gasteiger partial charge in [-0.25, -0.2) is 9.67 Å². The highest BCUT2D eigenvalue weighted by atomic mass is 16.5. The van der Waals surface area contributed by atoms with Gasteiger partial charge in [0, 0.05) is 19.6 Å². The van der Waals surface area contributed by atoms with Gasteiger partial charge in [0.05, 0.1) is 19.3 Å². The van der Waals surface area contributed by atoms with E-state index in [-0.39, 0.29) is 12.7 Å². The first kappa shape index (κ1) is 17.8. The van der Waals surface area contributed by atoms with Crippen LogP contribution in [0.4, 0.5) is 0 Å². The summed E-state index contributed by atoms with van der Waals surface area (Å²) in [4.78, 5) is 6.54. The molecular formula is C18H26N4O3. The van der Waals surface area contributed by atoms with Crippen LogP contribution in [0.15, 0.2) is 30.3 Å². The van der Waals surface area contributed by atoms with E-state index in [4.69, 9.17) is 9.47 Å². The normalized spacial score (nSPS) is 19.7. The van der Waals surface area contributed by atoms with Crippen molar-refractivity contribution in [3.63, 3.8) is 0 Å². The molecule has 7 heteroatoms. The summed E-state index contributed by atoms with van der Waals surface area (Å²) >= 11 is 0. The molecule has 1 fully saturated rings. The number of β-amino-alcohol motifs (C(OH)–C–C–N with tert-alkyl or cyclic N) is 1. The van der Waals surface area contributed by atoms with Gasteiger partial charge < -0.3 is 14.6 Å². The van der Waals surface area contributed by atoms with Crippen LogP contribution < -0.4 is 4.74 Å². The Bertz CT molecular complexity index is 662. The summed E-state index contributed by atoms with van der Waals surface area (Å²) in [6.07, 6.45) is -0.481. The van der Waals surface area contributed by atoms with E-state index in [1.165, 1.54) is 0 Å². The lowest BCUT2D eigenvalue weighted by molar-refractivity contribution is -0.0519. The zero-order valence-electron chi connectivity index (χ0n) is 14.8. The number of nitrogens with zero attached hydrogens (tertiary/aromatic N) is 4. The zero-order chi connectivity index (χ0) is 17.6.